The van der Waals surface area contributed by atoms with Crippen molar-refractivity contribution in [2.45, 2.75) is 6.42 Å². The number of hydrogen-bond donors (Lipinski definition) is 0. The summed E-state index contributed by atoms with van der Waals surface area (Å²) < 4.78 is 5.91. The summed E-state index contributed by atoms with van der Waals surface area (Å²) in [5.41, 5.74) is 1.86. The fourth-order valence-electron chi connectivity index (χ4n) is 2.07. The van der Waals surface area contributed by atoms with Crippen LogP contribution < -0.4 is 0 Å². The van der Waals surface area contributed by atoms with Gasteiger partial charge in [0.2, 0.25) is 0 Å². The topological polar surface area (TPSA) is 29.5 Å². The van der Waals surface area contributed by atoms with Crippen LogP contribution in [-0.4, -0.2) is 37.6 Å². The van der Waals surface area contributed by atoms with Gasteiger partial charge in [0.1, 0.15) is 0 Å². The predicted molar refractivity (Wildman–Crippen MR) is 79.6 cm³/mol. The summed E-state index contributed by atoms with van der Waals surface area (Å²) in [7, 11) is 1.68. The molecule has 1 aromatic rings. The number of rotatable bonds is 3. The van der Waals surface area contributed by atoms with Crippen molar-refractivity contribution < 1.29 is 9.53 Å². The number of benzene rings is 1. The van der Waals surface area contributed by atoms with E-state index < -0.39 is 0 Å². The van der Waals surface area contributed by atoms with Crippen LogP contribution in [0.15, 0.2) is 34.3 Å². The molecule has 0 saturated carbocycles. The van der Waals surface area contributed by atoms with Crippen molar-refractivity contribution >= 4 is 33.4 Å². The second kappa shape index (κ2) is 6.55. The normalized spacial score (nSPS) is 15.3. The van der Waals surface area contributed by atoms with Gasteiger partial charge in [-0.1, -0.05) is 33.6 Å². The predicted octanol–water partition coefficient (Wildman–Crippen LogP) is 3.52. The number of carbonyl (C=O) groups excluding carboxylic acids is 1. The molecule has 1 amide bonds. The lowest BCUT2D eigenvalue weighted by Crippen LogP contribution is -2.35. The molecule has 0 saturated heterocycles. The molecule has 0 spiro atoms. The number of nitrogens with zero attached hydrogens (tertiary/aromatic N) is 1. The minimum absolute atomic E-state index is 0.0101. The lowest BCUT2D eigenvalue weighted by Gasteiger charge is -2.26. The maximum Gasteiger partial charge on any atom is 0.254 e. The van der Waals surface area contributed by atoms with Crippen LogP contribution in [0.1, 0.15) is 16.8 Å². The molecule has 0 aliphatic carbocycles. The average Bonchev–Trinajstić information content (AvgIpc) is 2.38. The summed E-state index contributed by atoms with van der Waals surface area (Å²) >= 11 is 9.32. The van der Waals surface area contributed by atoms with E-state index in [0.717, 1.165) is 17.4 Å². The summed E-state index contributed by atoms with van der Waals surface area (Å²) in [6, 6.07) is 5.26. The quantitative estimate of drug-likeness (QED) is 0.785. The average molecular weight is 345 g/mol. The van der Waals surface area contributed by atoms with Gasteiger partial charge < -0.3 is 9.64 Å². The molecule has 0 radical (unpaired) electrons. The monoisotopic (exact) mass is 343 g/mol. The number of carbonyl (C=O) groups is 1. The molecule has 0 unspecified atom stereocenters. The van der Waals surface area contributed by atoms with Crippen LogP contribution in [0.25, 0.3) is 0 Å². The van der Waals surface area contributed by atoms with Crippen molar-refractivity contribution in [2.24, 2.45) is 0 Å². The highest BCUT2D eigenvalue weighted by atomic mass is 79.9. The van der Waals surface area contributed by atoms with Crippen LogP contribution in [0, 0.1) is 0 Å². The highest BCUT2D eigenvalue weighted by molar-refractivity contribution is 9.10. The van der Waals surface area contributed by atoms with E-state index in [9.17, 15) is 4.79 Å². The number of hydrogen-bond acceptors (Lipinski definition) is 2. The molecule has 2 rings (SSSR count). The number of halogens is 2. The zero-order valence-electron chi connectivity index (χ0n) is 10.7. The molecule has 1 aliphatic rings. The Morgan fingerprint density at radius 2 is 2.26 bits per heavy atom. The van der Waals surface area contributed by atoms with Gasteiger partial charge in [-0.05, 0) is 30.2 Å². The number of methoxy groups -OCH3 is 1. The van der Waals surface area contributed by atoms with Gasteiger partial charge in [-0.15, -0.1) is 0 Å². The van der Waals surface area contributed by atoms with E-state index in [1.165, 1.54) is 5.57 Å². The SMILES string of the molecule is COCC1=CCN(C(=O)c2cc(Cl)cc(Br)c2)CC1. The molecule has 0 bridgehead atoms. The van der Waals surface area contributed by atoms with Crippen LogP contribution in [0.2, 0.25) is 5.02 Å². The van der Waals surface area contributed by atoms with E-state index in [-0.39, 0.29) is 5.91 Å². The minimum Gasteiger partial charge on any atom is -0.380 e. The summed E-state index contributed by atoms with van der Waals surface area (Å²) in [5.74, 6) is 0.0101. The highest BCUT2D eigenvalue weighted by Gasteiger charge is 2.19. The van der Waals surface area contributed by atoms with Gasteiger partial charge in [-0.2, -0.15) is 0 Å². The van der Waals surface area contributed by atoms with Gasteiger partial charge in [-0.25, -0.2) is 0 Å². The molecule has 0 aromatic heterocycles. The zero-order valence-corrected chi connectivity index (χ0v) is 13.0. The largest absolute Gasteiger partial charge is 0.380 e. The van der Waals surface area contributed by atoms with E-state index in [1.807, 2.05) is 4.90 Å². The van der Waals surface area contributed by atoms with Gasteiger partial charge in [0.15, 0.2) is 0 Å². The molecule has 1 heterocycles. The van der Waals surface area contributed by atoms with Crippen LogP contribution in [0.5, 0.6) is 0 Å². The summed E-state index contributed by atoms with van der Waals surface area (Å²) in [5, 5.41) is 0.561. The first kappa shape index (κ1) is 14.6. The molecule has 5 heteroatoms. The molecule has 1 aromatic carbocycles. The Morgan fingerprint density at radius 1 is 1.47 bits per heavy atom. The molecule has 0 fully saturated rings. The zero-order chi connectivity index (χ0) is 13.8. The molecule has 3 nitrogen and oxygen atoms in total. The molecule has 0 N–H and O–H groups in total. The highest BCUT2D eigenvalue weighted by Crippen LogP contribution is 2.22. The standard InChI is InChI=1S/C14H15BrClNO2/c1-19-9-10-2-4-17(5-3-10)14(18)11-6-12(15)8-13(16)7-11/h2,6-8H,3-5,9H2,1H3. The molecular weight excluding hydrogens is 330 g/mol. The molecule has 0 atom stereocenters. The molecule has 19 heavy (non-hydrogen) atoms. The molecule has 102 valence electrons. The van der Waals surface area contributed by atoms with Crippen LogP contribution >= 0.6 is 27.5 Å². The van der Waals surface area contributed by atoms with E-state index in [0.29, 0.717) is 23.7 Å². The Labute approximate surface area is 126 Å². The van der Waals surface area contributed by atoms with Crippen LogP contribution in [0.3, 0.4) is 0 Å². The maximum atomic E-state index is 12.4. The second-order valence-corrected chi connectivity index (χ2v) is 5.81. The van der Waals surface area contributed by atoms with E-state index in [4.69, 9.17) is 16.3 Å². The van der Waals surface area contributed by atoms with Gasteiger partial charge in [-0.3, -0.25) is 4.79 Å². The maximum absolute atomic E-state index is 12.4. The smallest absolute Gasteiger partial charge is 0.254 e. The van der Waals surface area contributed by atoms with Gasteiger partial charge in [0, 0.05) is 35.3 Å². The summed E-state index contributed by atoms with van der Waals surface area (Å²) in [6.07, 6.45) is 2.92. The van der Waals surface area contributed by atoms with Crippen molar-refractivity contribution in [3.63, 3.8) is 0 Å². The first-order chi connectivity index (χ1) is 9.10. The van der Waals surface area contributed by atoms with Gasteiger partial charge in [0.25, 0.3) is 5.91 Å². The van der Waals surface area contributed by atoms with E-state index >= 15 is 0 Å². The lowest BCUT2D eigenvalue weighted by molar-refractivity contribution is 0.0765. The third-order valence-corrected chi connectivity index (χ3v) is 3.71. The first-order valence-corrected chi connectivity index (χ1v) is 7.19. The Bertz CT molecular complexity index is 496. The van der Waals surface area contributed by atoms with Crippen molar-refractivity contribution in [3.8, 4) is 0 Å². The minimum atomic E-state index is 0.0101. The van der Waals surface area contributed by atoms with Crippen molar-refractivity contribution in [3.05, 3.63) is 44.9 Å². The van der Waals surface area contributed by atoms with Crippen molar-refractivity contribution in [1.29, 1.82) is 0 Å². The van der Waals surface area contributed by atoms with E-state index in [2.05, 4.69) is 22.0 Å². The van der Waals surface area contributed by atoms with Gasteiger partial charge in [0.05, 0.1) is 6.61 Å². The Hall–Kier alpha value is -0.840. The van der Waals surface area contributed by atoms with E-state index in [1.54, 1.807) is 25.3 Å². The summed E-state index contributed by atoms with van der Waals surface area (Å²) in [6.45, 7) is 1.99. The third-order valence-electron chi connectivity index (χ3n) is 3.03. The fourth-order valence-corrected chi connectivity index (χ4v) is 2.93. The van der Waals surface area contributed by atoms with Crippen molar-refractivity contribution in [1.82, 2.24) is 4.90 Å². The Kier molecular flexibility index (Phi) is 5.02. The fraction of sp³-hybridized carbons (Fsp3) is 0.357. The van der Waals surface area contributed by atoms with Gasteiger partial charge >= 0.3 is 0 Å². The third kappa shape index (κ3) is 3.81. The van der Waals surface area contributed by atoms with Crippen molar-refractivity contribution in [2.75, 3.05) is 26.8 Å². The lowest BCUT2D eigenvalue weighted by atomic mass is 10.1. The number of ether oxygens (including phenoxy) is 1. The van der Waals surface area contributed by atoms with Crippen LogP contribution in [0.4, 0.5) is 0 Å². The molecular formula is C14H15BrClNO2. The Balaban J connectivity index is 2.09. The Morgan fingerprint density at radius 3 is 2.84 bits per heavy atom. The van der Waals surface area contributed by atoms with Crippen LogP contribution in [-0.2, 0) is 4.74 Å². The first-order valence-electron chi connectivity index (χ1n) is 6.02. The molecule has 1 aliphatic heterocycles. The second-order valence-electron chi connectivity index (χ2n) is 4.45. The number of amides is 1. The summed E-state index contributed by atoms with van der Waals surface area (Å²) in [4.78, 5) is 14.2.